The van der Waals surface area contributed by atoms with Gasteiger partial charge in [0.05, 0.1) is 22.4 Å². The van der Waals surface area contributed by atoms with Crippen LogP contribution in [0.3, 0.4) is 0 Å². The highest BCUT2D eigenvalue weighted by molar-refractivity contribution is 6.04. The van der Waals surface area contributed by atoms with Crippen molar-refractivity contribution in [2.45, 2.75) is 13.8 Å². The molecule has 0 spiro atoms. The highest BCUT2D eigenvalue weighted by atomic mass is 14.7. The van der Waals surface area contributed by atoms with Crippen LogP contribution in [-0.4, -0.2) is 4.98 Å². The Morgan fingerprint density at radius 2 is 1.67 bits per heavy atom. The van der Waals surface area contributed by atoms with Crippen LogP contribution in [0.5, 0.6) is 0 Å². The molecule has 3 heteroatoms. The van der Waals surface area contributed by atoms with Gasteiger partial charge in [-0.1, -0.05) is 18.2 Å². The van der Waals surface area contributed by atoms with Gasteiger partial charge in [-0.3, -0.25) is 0 Å². The highest BCUT2D eigenvalue weighted by Crippen LogP contribution is 2.34. The van der Waals surface area contributed by atoms with Crippen molar-refractivity contribution in [2.75, 3.05) is 11.5 Å². The Balaban J connectivity index is 2.58. The van der Waals surface area contributed by atoms with Gasteiger partial charge in [-0.25, -0.2) is 4.98 Å². The van der Waals surface area contributed by atoms with Crippen LogP contribution in [-0.2, 0) is 0 Å². The van der Waals surface area contributed by atoms with Crippen molar-refractivity contribution in [3.05, 3.63) is 41.5 Å². The molecule has 0 bridgehead atoms. The Hall–Kier alpha value is -2.29. The molecule has 0 aliphatic heterocycles. The lowest BCUT2D eigenvalue weighted by molar-refractivity contribution is 1.34. The minimum Gasteiger partial charge on any atom is -0.397 e. The topological polar surface area (TPSA) is 64.9 Å². The van der Waals surface area contributed by atoms with Crippen LogP contribution < -0.4 is 11.5 Å². The van der Waals surface area contributed by atoms with Gasteiger partial charge in [0.15, 0.2) is 0 Å². The SMILES string of the molecule is Cc1c(N)c(N)c2cc3ccccc3nc2c1C. The number of benzene rings is 2. The van der Waals surface area contributed by atoms with Gasteiger partial charge in [-0.2, -0.15) is 0 Å². The van der Waals surface area contributed by atoms with Crippen molar-refractivity contribution in [2.24, 2.45) is 0 Å². The molecule has 0 aliphatic carbocycles. The number of hydrogen-bond donors (Lipinski definition) is 2. The van der Waals surface area contributed by atoms with Crippen LogP contribution in [0, 0.1) is 13.8 Å². The number of nitrogen functional groups attached to an aromatic ring is 2. The van der Waals surface area contributed by atoms with E-state index < -0.39 is 0 Å². The molecule has 0 atom stereocenters. The average Bonchev–Trinajstić information content (AvgIpc) is 2.41. The largest absolute Gasteiger partial charge is 0.397 e. The Morgan fingerprint density at radius 3 is 2.44 bits per heavy atom. The van der Waals surface area contributed by atoms with Gasteiger partial charge >= 0.3 is 0 Å². The summed E-state index contributed by atoms with van der Waals surface area (Å²) < 4.78 is 0. The maximum absolute atomic E-state index is 6.11. The third-order valence-corrected chi connectivity index (χ3v) is 3.63. The molecule has 0 amide bonds. The van der Waals surface area contributed by atoms with Crippen LogP contribution in [0.15, 0.2) is 30.3 Å². The molecule has 0 unspecified atom stereocenters. The summed E-state index contributed by atoms with van der Waals surface area (Å²) in [5.74, 6) is 0. The monoisotopic (exact) mass is 237 g/mol. The van der Waals surface area contributed by atoms with Crippen molar-refractivity contribution < 1.29 is 0 Å². The van der Waals surface area contributed by atoms with Gasteiger partial charge in [0.25, 0.3) is 0 Å². The molecule has 3 aromatic rings. The summed E-state index contributed by atoms with van der Waals surface area (Å²) >= 11 is 0. The third-order valence-electron chi connectivity index (χ3n) is 3.63. The summed E-state index contributed by atoms with van der Waals surface area (Å²) in [5, 5.41) is 2.02. The minimum atomic E-state index is 0.631. The second kappa shape index (κ2) is 3.60. The predicted molar refractivity (Wildman–Crippen MR) is 77.5 cm³/mol. The van der Waals surface area contributed by atoms with Crippen molar-refractivity contribution in [3.63, 3.8) is 0 Å². The number of pyridine rings is 1. The summed E-state index contributed by atoms with van der Waals surface area (Å²) in [7, 11) is 0. The van der Waals surface area contributed by atoms with Crippen LogP contribution in [0.1, 0.15) is 11.1 Å². The average molecular weight is 237 g/mol. The van der Waals surface area contributed by atoms with E-state index in [0.717, 1.165) is 32.9 Å². The predicted octanol–water partition coefficient (Wildman–Crippen LogP) is 3.17. The van der Waals surface area contributed by atoms with E-state index in [4.69, 9.17) is 16.5 Å². The summed E-state index contributed by atoms with van der Waals surface area (Å²) in [5.41, 5.74) is 17.5. The van der Waals surface area contributed by atoms with Gasteiger partial charge in [-0.15, -0.1) is 0 Å². The minimum absolute atomic E-state index is 0.631. The lowest BCUT2D eigenvalue weighted by atomic mass is 10.00. The van der Waals surface area contributed by atoms with Gasteiger partial charge in [0.1, 0.15) is 0 Å². The number of hydrogen-bond acceptors (Lipinski definition) is 3. The molecule has 4 N–H and O–H groups in total. The molecule has 90 valence electrons. The highest BCUT2D eigenvalue weighted by Gasteiger charge is 2.12. The zero-order valence-corrected chi connectivity index (χ0v) is 10.5. The fourth-order valence-electron chi connectivity index (χ4n) is 2.33. The number of nitrogens with zero attached hydrogens (tertiary/aromatic N) is 1. The molecule has 0 saturated carbocycles. The van der Waals surface area contributed by atoms with Crippen LogP contribution in [0.25, 0.3) is 21.8 Å². The van der Waals surface area contributed by atoms with Crippen molar-refractivity contribution in [3.8, 4) is 0 Å². The van der Waals surface area contributed by atoms with Gasteiger partial charge in [0, 0.05) is 10.8 Å². The lowest BCUT2D eigenvalue weighted by Crippen LogP contribution is -2.02. The van der Waals surface area contributed by atoms with Gasteiger partial charge in [-0.05, 0) is 37.1 Å². The molecule has 1 heterocycles. The number of aromatic nitrogens is 1. The maximum atomic E-state index is 6.11. The second-order valence-electron chi connectivity index (χ2n) is 4.65. The van der Waals surface area contributed by atoms with E-state index in [0.29, 0.717) is 11.4 Å². The number of fused-ring (bicyclic) bond motifs is 2. The van der Waals surface area contributed by atoms with E-state index in [1.54, 1.807) is 0 Å². The standard InChI is InChI=1S/C15H15N3/c1-8-9(2)15-11(14(17)13(8)16)7-10-5-3-4-6-12(10)18-15/h3-7H,16-17H2,1-2H3. The number of aryl methyl sites for hydroxylation is 1. The molecule has 3 rings (SSSR count). The third kappa shape index (κ3) is 1.34. The molecule has 0 fully saturated rings. The van der Waals surface area contributed by atoms with E-state index in [2.05, 4.69) is 6.07 Å². The fraction of sp³-hybridized carbons (Fsp3) is 0.133. The van der Waals surface area contributed by atoms with E-state index in [9.17, 15) is 0 Å². The molecule has 0 radical (unpaired) electrons. The molecule has 18 heavy (non-hydrogen) atoms. The van der Waals surface area contributed by atoms with Crippen LogP contribution in [0.4, 0.5) is 11.4 Å². The molecule has 0 aliphatic rings. The first-order chi connectivity index (χ1) is 8.59. The Morgan fingerprint density at radius 1 is 0.944 bits per heavy atom. The first kappa shape index (κ1) is 10.8. The summed E-state index contributed by atoms with van der Waals surface area (Å²) in [6.07, 6.45) is 0. The van der Waals surface area contributed by atoms with E-state index >= 15 is 0 Å². The second-order valence-corrected chi connectivity index (χ2v) is 4.65. The Kier molecular flexibility index (Phi) is 2.17. The van der Waals surface area contributed by atoms with Crippen molar-refractivity contribution >= 4 is 33.2 Å². The van der Waals surface area contributed by atoms with E-state index in [-0.39, 0.29) is 0 Å². The number of anilines is 2. The summed E-state index contributed by atoms with van der Waals surface area (Å²) in [6, 6.07) is 10.1. The molecule has 0 saturated heterocycles. The number of nitrogens with two attached hydrogens (primary N) is 2. The van der Waals surface area contributed by atoms with E-state index in [1.807, 2.05) is 38.1 Å². The Labute approximate surface area is 105 Å². The molecule has 3 nitrogen and oxygen atoms in total. The first-order valence-corrected chi connectivity index (χ1v) is 5.93. The quantitative estimate of drug-likeness (QED) is 0.466. The maximum Gasteiger partial charge on any atom is 0.0763 e. The van der Waals surface area contributed by atoms with Crippen LogP contribution in [0.2, 0.25) is 0 Å². The van der Waals surface area contributed by atoms with E-state index in [1.165, 1.54) is 0 Å². The fourth-order valence-corrected chi connectivity index (χ4v) is 2.33. The summed E-state index contributed by atoms with van der Waals surface area (Å²) in [6.45, 7) is 4.02. The summed E-state index contributed by atoms with van der Waals surface area (Å²) in [4.78, 5) is 4.70. The first-order valence-electron chi connectivity index (χ1n) is 5.93. The molecule has 2 aromatic carbocycles. The molecular formula is C15H15N3. The molecule has 1 aromatic heterocycles. The molecular weight excluding hydrogens is 222 g/mol. The van der Waals surface area contributed by atoms with Gasteiger partial charge in [0.2, 0.25) is 0 Å². The van der Waals surface area contributed by atoms with Crippen molar-refractivity contribution in [1.29, 1.82) is 0 Å². The van der Waals surface area contributed by atoms with Crippen molar-refractivity contribution in [1.82, 2.24) is 4.98 Å². The van der Waals surface area contributed by atoms with Gasteiger partial charge < -0.3 is 11.5 Å². The normalized spacial score (nSPS) is 11.2. The van der Waals surface area contributed by atoms with Crippen LogP contribution >= 0.6 is 0 Å². The lowest BCUT2D eigenvalue weighted by Gasteiger charge is -2.13. The smallest absolute Gasteiger partial charge is 0.0763 e. The zero-order valence-electron chi connectivity index (χ0n) is 10.5. The number of rotatable bonds is 0. The Bertz CT molecular complexity index is 710. The number of para-hydroxylation sites is 1. The zero-order chi connectivity index (χ0) is 12.9.